The minimum absolute atomic E-state index is 0.0139. The molecule has 2 amide bonds. The highest BCUT2D eigenvalue weighted by atomic mass is 16.2. The van der Waals surface area contributed by atoms with Crippen LogP contribution in [0.5, 0.6) is 0 Å². The quantitative estimate of drug-likeness (QED) is 0.280. The Bertz CT molecular complexity index is 1850. The van der Waals surface area contributed by atoms with Gasteiger partial charge in [0.05, 0.1) is 11.4 Å². The zero-order chi connectivity index (χ0) is 33.4. The number of nitrogens with zero attached hydrogens (tertiary/aromatic N) is 4. The van der Waals surface area contributed by atoms with Gasteiger partial charge in [-0.15, -0.1) is 0 Å². The standard InChI is InChI=1S/C40H45N5O3/c1-40(2,3)33-15-12-30(13-16-33)38(47)41-34-23-31(39(48)43-20-18-42(19-21-43)24-28-8-5-4-6-9-28)14-17-36(34)44-25-29-22-32(27-44)35-10-7-11-37(46)45(35)26-29/h4-17,23,29,32H,18-22,24-27H2,1-3H3,(H,41,47)/t29-,32+/m1/s1. The summed E-state index contributed by atoms with van der Waals surface area (Å²) < 4.78 is 1.93. The summed E-state index contributed by atoms with van der Waals surface area (Å²) in [6.07, 6.45) is 1.04. The average Bonchev–Trinajstić information content (AvgIpc) is 3.09. The van der Waals surface area contributed by atoms with E-state index in [1.807, 2.05) is 64.1 Å². The Morgan fingerprint density at radius 1 is 0.792 bits per heavy atom. The molecule has 3 aromatic carbocycles. The van der Waals surface area contributed by atoms with Crippen molar-refractivity contribution in [2.45, 2.75) is 51.6 Å². The number of pyridine rings is 1. The van der Waals surface area contributed by atoms with Crippen LogP contribution in [0, 0.1) is 5.92 Å². The first-order chi connectivity index (χ1) is 23.1. The fraction of sp³-hybridized carbons (Fsp3) is 0.375. The third-order valence-corrected chi connectivity index (χ3v) is 10.2. The molecule has 2 fully saturated rings. The van der Waals surface area contributed by atoms with E-state index in [9.17, 15) is 14.4 Å². The molecule has 1 aromatic heterocycles. The number of amides is 2. The van der Waals surface area contributed by atoms with Crippen molar-refractivity contribution >= 4 is 23.2 Å². The van der Waals surface area contributed by atoms with E-state index in [0.29, 0.717) is 42.4 Å². The topological polar surface area (TPSA) is 77.9 Å². The third-order valence-electron chi connectivity index (χ3n) is 10.2. The monoisotopic (exact) mass is 643 g/mol. The zero-order valence-corrected chi connectivity index (χ0v) is 28.2. The summed E-state index contributed by atoms with van der Waals surface area (Å²) in [6, 6.07) is 29.5. The number of nitrogens with one attached hydrogen (secondary N) is 1. The molecule has 2 atom stereocenters. The number of fused-ring (bicyclic) bond motifs is 4. The van der Waals surface area contributed by atoms with Crippen LogP contribution in [0.4, 0.5) is 11.4 Å². The predicted molar refractivity (Wildman–Crippen MR) is 191 cm³/mol. The maximum Gasteiger partial charge on any atom is 0.255 e. The van der Waals surface area contributed by atoms with E-state index in [1.54, 1.807) is 6.07 Å². The molecule has 2 saturated heterocycles. The molecule has 8 nitrogen and oxygen atoms in total. The molecule has 3 aliphatic rings. The Kier molecular flexibility index (Phi) is 8.69. The maximum absolute atomic E-state index is 13.9. The van der Waals surface area contributed by atoms with Crippen LogP contribution in [0.3, 0.4) is 0 Å². The molecule has 48 heavy (non-hydrogen) atoms. The highest BCUT2D eigenvalue weighted by Crippen LogP contribution is 2.39. The fourth-order valence-corrected chi connectivity index (χ4v) is 7.59. The van der Waals surface area contributed by atoms with E-state index in [-0.39, 0.29) is 28.7 Å². The van der Waals surface area contributed by atoms with Crippen molar-refractivity contribution in [1.29, 1.82) is 0 Å². The van der Waals surface area contributed by atoms with Crippen LogP contribution in [-0.4, -0.2) is 65.4 Å². The van der Waals surface area contributed by atoms with Gasteiger partial charge >= 0.3 is 0 Å². The SMILES string of the molecule is CC(C)(C)c1ccc(C(=O)Nc2cc(C(=O)N3CCN(Cc4ccccc4)CC3)ccc2N2C[C@H]3C[C@@H](C2)c2cccc(=O)n2C3)cc1. The number of hydrogen-bond donors (Lipinski definition) is 1. The predicted octanol–water partition coefficient (Wildman–Crippen LogP) is 5.98. The number of piperazine rings is 1. The minimum Gasteiger partial charge on any atom is -0.369 e. The second kappa shape index (κ2) is 13.1. The van der Waals surface area contributed by atoms with Gasteiger partial charge in [0.1, 0.15) is 0 Å². The first-order valence-corrected chi connectivity index (χ1v) is 17.2. The van der Waals surface area contributed by atoms with Crippen molar-refractivity contribution in [3.63, 3.8) is 0 Å². The molecule has 8 heteroatoms. The molecule has 4 aromatic rings. The lowest BCUT2D eigenvalue weighted by atomic mass is 9.83. The molecule has 3 aliphatic heterocycles. The second-order valence-corrected chi connectivity index (χ2v) is 14.7. The summed E-state index contributed by atoms with van der Waals surface area (Å²) >= 11 is 0. The summed E-state index contributed by atoms with van der Waals surface area (Å²) in [5.74, 6) is 0.311. The van der Waals surface area contributed by atoms with E-state index >= 15 is 0 Å². The molecular weight excluding hydrogens is 598 g/mol. The number of anilines is 2. The zero-order valence-electron chi connectivity index (χ0n) is 28.2. The summed E-state index contributed by atoms with van der Waals surface area (Å²) in [4.78, 5) is 46.8. The lowest BCUT2D eigenvalue weighted by molar-refractivity contribution is 0.0628. The molecule has 7 rings (SSSR count). The molecule has 0 aliphatic carbocycles. The maximum atomic E-state index is 13.9. The second-order valence-electron chi connectivity index (χ2n) is 14.7. The van der Waals surface area contributed by atoms with Gasteiger partial charge in [-0.25, -0.2) is 0 Å². The first kappa shape index (κ1) is 31.9. The Balaban J connectivity index is 1.13. The fourth-order valence-electron chi connectivity index (χ4n) is 7.59. The van der Waals surface area contributed by atoms with E-state index in [0.717, 1.165) is 56.1 Å². The lowest BCUT2D eigenvalue weighted by Crippen LogP contribution is -2.48. The summed E-state index contributed by atoms with van der Waals surface area (Å²) in [7, 11) is 0. The number of benzene rings is 3. The van der Waals surface area contributed by atoms with Crippen LogP contribution in [0.15, 0.2) is 95.8 Å². The van der Waals surface area contributed by atoms with Crippen LogP contribution < -0.4 is 15.8 Å². The molecule has 248 valence electrons. The third kappa shape index (κ3) is 6.67. The number of hydrogen-bond acceptors (Lipinski definition) is 5. The van der Waals surface area contributed by atoms with Gasteiger partial charge in [-0.1, -0.05) is 69.3 Å². The lowest BCUT2D eigenvalue weighted by Gasteiger charge is -2.44. The molecule has 0 saturated carbocycles. The molecular formula is C40H45N5O3. The van der Waals surface area contributed by atoms with Gasteiger partial charge in [0.25, 0.3) is 17.4 Å². The van der Waals surface area contributed by atoms with Gasteiger partial charge in [-0.2, -0.15) is 0 Å². The highest BCUT2D eigenvalue weighted by Gasteiger charge is 2.35. The number of carbonyl (C=O) groups excluding carboxylic acids is 2. The van der Waals surface area contributed by atoms with Crippen molar-refractivity contribution in [2.24, 2.45) is 5.92 Å². The van der Waals surface area contributed by atoms with Gasteiger partial charge < -0.3 is 19.7 Å². The van der Waals surface area contributed by atoms with E-state index in [2.05, 4.69) is 66.2 Å². The van der Waals surface area contributed by atoms with Crippen LogP contribution in [0.25, 0.3) is 0 Å². The van der Waals surface area contributed by atoms with Crippen molar-refractivity contribution < 1.29 is 9.59 Å². The largest absolute Gasteiger partial charge is 0.369 e. The van der Waals surface area contributed by atoms with Gasteiger partial charge in [0, 0.05) is 81.2 Å². The minimum atomic E-state index is -0.204. The number of carbonyl (C=O) groups is 2. The van der Waals surface area contributed by atoms with Gasteiger partial charge in [-0.3, -0.25) is 19.3 Å². The number of aromatic nitrogens is 1. The van der Waals surface area contributed by atoms with Gasteiger partial charge in [0.2, 0.25) is 0 Å². The Morgan fingerprint density at radius 2 is 1.52 bits per heavy atom. The van der Waals surface area contributed by atoms with E-state index < -0.39 is 0 Å². The Labute approximate surface area is 283 Å². The first-order valence-electron chi connectivity index (χ1n) is 17.2. The molecule has 0 radical (unpaired) electrons. The van der Waals surface area contributed by atoms with Gasteiger partial charge in [0.15, 0.2) is 0 Å². The molecule has 0 unspecified atom stereocenters. The summed E-state index contributed by atoms with van der Waals surface area (Å²) in [6.45, 7) is 12.5. The van der Waals surface area contributed by atoms with Crippen LogP contribution in [-0.2, 0) is 18.5 Å². The van der Waals surface area contributed by atoms with Crippen LogP contribution in [0.1, 0.15) is 70.6 Å². The molecule has 4 heterocycles. The molecule has 1 N–H and O–H groups in total. The van der Waals surface area contributed by atoms with Crippen molar-refractivity contribution in [2.75, 3.05) is 49.5 Å². The normalized spacial score (nSPS) is 19.5. The number of rotatable bonds is 6. The van der Waals surface area contributed by atoms with Crippen LogP contribution >= 0.6 is 0 Å². The number of piperidine rings is 1. The van der Waals surface area contributed by atoms with Crippen molar-refractivity contribution in [1.82, 2.24) is 14.4 Å². The van der Waals surface area contributed by atoms with E-state index in [4.69, 9.17) is 0 Å². The van der Waals surface area contributed by atoms with Crippen LogP contribution in [0.2, 0.25) is 0 Å². The Hall–Kier alpha value is -4.69. The molecule has 2 bridgehead atoms. The summed E-state index contributed by atoms with van der Waals surface area (Å²) in [5, 5.41) is 3.19. The molecule has 0 spiro atoms. The van der Waals surface area contributed by atoms with Crippen molar-refractivity contribution in [3.05, 3.63) is 129 Å². The summed E-state index contributed by atoms with van der Waals surface area (Å²) in [5.41, 5.74) is 6.25. The average molecular weight is 644 g/mol. The Morgan fingerprint density at radius 3 is 2.25 bits per heavy atom. The van der Waals surface area contributed by atoms with Crippen molar-refractivity contribution in [3.8, 4) is 0 Å². The highest BCUT2D eigenvalue weighted by molar-refractivity contribution is 6.07. The van der Waals surface area contributed by atoms with Gasteiger partial charge in [-0.05, 0) is 65.3 Å². The van der Waals surface area contributed by atoms with E-state index in [1.165, 1.54) is 5.56 Å². The smallest absolute Gasteiger partial charge is 0.255 e.